The molecule has 0 unspecified atom stereocenters. The van der Waals surface area contributed by atoms with Gasteiger partial charge in [-0.2, -0.15) is 0 Å². The van der Waals surface area contributed by atoms with E-state index in [1.165, 1.54) is 12.5 Å². The number of nitrogens with zero attached hydrogens (tertiary/aromatic N) is 1. The number of likely N-dealkylation sites (N-methyl/N-ethyl adjacent to an activating group) is 1. The Kier molecular flexibility index (Phi) is 3.94. The summed E-state index contributed by atoms with van der Waals surface area (Å²) >= 11 is 0.258. The van der Waals surface area contributed by atoms with E-state index in [0.717, 1.165) is 22.7 Å². The van der Waals surface area contributed by atoms with Crippen LogP contribution in [0.3, 0.4) is 0 Å². The van der Waals surface area contributed by atoms with Gasteiger partial charge < -0.3 is 0 Å². The maximum absolute atomic E-state index is 11.1. The Morgan fingerprint density at radius 2 is 2.41 bits per heavy atom. The summed E-state index contributed by atoms with van der Waals surface area (Å²) in [5.74, 6) is 0.356. The van der Waals surface area contributed by atoms with Crippen molar-refractivity contribution < 1.29 is 9.53 Å². The Balaban J connectivity index is 2.43. The van der Waals surface area contributed by atoms with Crippen LogP contribution in [-0.4, -0.2) is 39.0 Å². The van der Waals surface area contributed by atoms with Gasteiger partial charge in [-0.15, -0.1) is 0 Å². The van der Waals surface area contributed by atoms with E-state index >= 15 is 0 Å². The van der Waals surface area contributed by atoms with Crippen LogP contribution in [0, 0.1) is 0 Å². The Labute approximate surface area is 106 Å². The molecule has 5 heteroatoms. The summed E-state index contributed by atoms with van der Waals surface area (Å²) in [6.45, 7) is 2.33. The fourth-order valence-corrected chi connectivity index (χ4v) is 3.70. The zero-order chi connectivity index (χ0) is 12.3. The molecule has 0 aliphatic heterocycles. The van der Waals surface area contributed by atoms with Crippen LogP contribution in [0.5, 0.6) is 5.75 Å². The molecule has 0 fully saturated rings. The number of fused-ring (bicyclic) bond motifs is 1. The first-order valence-electron chi connectivity index (χ1n) is 5.40. The minimum absolute atomic E-state index is 0.258. The zero-order valence-corrected chi connectivity index (χ0v) is 11.5. The SMILES string of the molecule is CNCCc1c[se]c2nccc(OC(C)=O)c12. The molecule has 0 saturated carbocycles. The molecule has 0 aliphatic rings. The van der Waals surface area contributed by atoms with Gasteiger partial charge in [0.25, 0.3) is 0 Å². The minimum atomic E-state index is -0.286. The number of hydrogen-bond donors (Lipinski definition) is 1. The van der Waals surface area contributed by atoms with Crippen LogP contribution in [-0.2, 0) is 11.2 Å². The Morgan fingerprint density at radius 1 is 1.59 bits per heavy atom. The number of rotatable bonds is 4. The van der Waals surface area contributed by atoms with E-state index in [1.54, 1.807) is 12.3 Å². The summed E-state index contributed by atoms with van der Waals surface area (Å²) < 4.78 is 6.29. The van der Waals surface area contributed by atoms with Gasteiger partial charge in [0, 0.05) is 0 Å². The van der Waals surface area contributed by atoms with Crippen molar-refractivity contribution in [2.75, 3.05) is 13.6 Å². The molecule has 0 amide bonds. The summed E-state index contributed by atoms with van der Waals surface area (Å²) in [5, 5.41) is 4.15. The molecule has 2 rings (SSSR count). The molecule has 2 aromatic heterocycles. The molecular weight excluding hydrogens is 283 g/mol. The molecule has 90 valence electrons. The maximum atomic E-state index is 11.1. The number of hydrogen-bond acceptors (Lipinski definition) is 4. The van der Waals surface area contributed by atoms with Gasteiger partial charge in [0.1, 0.15) is 0 Å². The van der Waals surface area contributed by atoms with Gasteiger partial charge >= 0.3 is 106 Å². The quantitative estimate of drug-likeness (QED) is 0.675. The topological polar surface area (TPSA) is 51.2 Å². The van der Waals surface area contributed by atoms with Crippen molar-refractivity contribution in [3.8, 4) is 5.75 Å². The third-order valence-electron chi connectivity index (χ3n) is 2.41. The number of nitrogens with one attached hydrogen (secondary N) is 1. The second-order valence-electron chi connectivity index (χ2n) is 3.70. The normalized spacial score (nSPS) is 10.7. The summed E-state index contributed by atoms with van der Waals surface area (Å²) in [7, 11) is 1.93. The fraction of sp³-hybridized carbons (Fsp3) is 0.333. The molecule has 0 aliphatic carbocycles. The van der Waals surface area contributed by atoms with Crippen LogP contribution >= 0.6 is 0 Å². The molecule has 2 heterocycles. The number of esters is 1. The van der Waals surface area contributed by atoms with Crippen LogP contribution in [0.1, 0.15) is 12.5 Å². The van der Waals surface area contributed by atoms with E-state index in [2.05, 4.69) is 15.2 Å². The van der Waals surface area contributed by atoms with Crippen molar-refractivity contribution in [3.63, 3.8) is 0 Å². The first-order chi connectivity index (χ1) is 8.22. The van der Waals surface area contributed by atoms with E-state index < -0.39 is 0 Å². The van der Waals surface area contributed by atoms with Crippen molar-refractivity contribution in [3.05, 3.63) is 22.8 Å². The molecule has 0 aromatic carbocycles. The summed E-state index contributed by atoms with van der Waals surface area (Å²) in [6.07, 6.45) is 2.64. The summed E-state index contributed by atoms with van der Waals surface area (Å²) in [4.78, 5) is 17.6. The van der Waals surface area contributed by atoms with Gasteiger partial charge in [-0.05, 0) is 0 Å². The van der Waals surface area contributed by atoms with E-state index in [0.29, 0.717) is 5.75 Å². The molecule has 17 heavy (non-hydrogen) atoms. The number of pyridine rings is 1. The number of ether oxygens (including phenoxy) is 1. The molecule has 0 bridgehead atoms. The Bertz CT molecular complexity index is 536. The van der Waals surface area contributed by atoms with E-state index in [1.807, 2.05) is 7.05 Å². The third kappa shape index (κ3) is 2.75. The van der Waals surface area contributed by atoms with Crippen molar-refractivity contribution in [1.82, 2.24) is 10.3 Å². The molecule has 0 radical (unpaired) electrons. The van der Waals surface area contributed by atoms with Gasteiger partial charge in [0.05, 0.1) is 0 Å². The predicted molar refractivity (Wildman–Crippen MR) is 67.6 cm³/mol. The monoisotopic (exact) mass is 298 g/mol. The average Bonchev–Trinajstić information content (AvgIpc) is 2.70. The molecule has 4 nitrogen and oxygen atoms in total. The van der Waals surface area contributed by atoms with E-state index in [4.69, 9.17) is 4.74 Å². The standard InChI is InChI=1S/C12H14N2O2Se/c1-8(15)16-10-4-6-14-12-11(10)9(7-17-12)3-5-13-2/h4,6-7,13H,3,5H2,1-2H3. The molecule has 1 N–H and O–H groups in total. The number of carbonyl (C=O) groups excluding carboxylic acids is 1. The number of aromatic nitrogens is 1. The summed E-state index contributed by atoms with van der Waals surface area (Å²) in [5.41, 5.74) is 1.23. The van der Waals surface area contributed by atoms with Crippen LogP contribution in [0.15, 0.2) is 17.2 Å². The molecule has 0 atom stereocenters. The zero-order valence-electron chi connectivity index (χ0n) is 9.82. The molecule has 0 saturated heterocycles. The third-order valence-corrected chi connectivity index (χ3v) is 4.37. The number of carbonyl (C=O) groups is 1. The van der Waals surface area contributed by atoms with Crippen molar-refractivity contribution in [1.29, 1.82) is 0 Å². The second-order valence-corrected chi connectivity index (χ2v) is 5.50. The van der Waals surface area contributed by atoms with Crippen molar-refractivity contribution in [2.24, 2.45) is 0 Å². The van der Waals surface area contributed by atoms with Crippen LogP contribution in [0.25, 0.3) is 9.78 Å². The van der Waals surface area contributed by atoms with Crippen molar-refractivity contribution in [2.45, 2.75) is 13.3 Å². The predicted octanol–water partition coefficient (Wildman–Crippen LogP) is 0.979. The fourth-order valence-electron chi connectivity index (χ4n) is 1.68. The Morgan fingerprint density at radius 3 is 3.12 bits per heavy atom. The molecule has 2 aromatic rings. The first-order valence-corrected chi connectivity index (χ1v) is 7.25. The van der Waals surface area contributed by atoms with E-state index in [-0.39, 0.29) is 20.5 Å². The molecule has 0 spiro atoms. The average molecular weight is 297 g/mol. The summed E-state index contributed by atoms with van der Waals surface area (Å²) in [6, 6.07) is 1.76. The Hall–Kier alpha value is -1.16. The van der Waals surface area contributed by atoms with Gasteiger partial charge in [0.15, 0.2) is 0 Å². The molecular formula is C12H14N2O2Se. The van der Waals surface area contributed by atoms with Gasteiger partial charge in [-0.3, -0.25) is 0 Å². The van der Waals surface area contributed by atoms with Crippen LogP contribution in [0.4, 0.5) is 0 Å². The van der Waals surface area contributed by atoms with Crippen molar-refractivity contribution >= 4 is 30.2 Å². The van der Waals surface area contributed by atoms with Gasteiger partial charge in [0.2, 0.25) is 0 Å². The van der Waals surface area contributed by atoms with Crippen LogP contribution < -0.4 is 10.1 Å². The van der Waals surface area contributed by atoms with Crippen LogP contribution in [0.2, 0.25) is 0 Å². The first kappa shape index (κ1) is 12.3. The second kappa shape index (κ2) is 5.45. The van der Waals surface area contributed by atoms with Gasteiger partial charge in [-0.25, -0.2) is 0 Å². The van der Waals surface area contributed by atoms with Gasteiger partial charge in [-0.1, -0.05) is 0 Å². The van der Waals surface area contributed by atoms with E-state index in [9.17, 15) is 4.79 Å².